The highest BCUT2D eigenvalue weighted by molar-refractivity contribution is 6.30. The molecular weight excluding hydrogens is 220 g/mol. The summed E-state index contributed by atoms with van der Waals surface area (Å²) >= 11 is 5.70. The average Bonchev–Trinajstić information content (AvgIpc) is 2.23. The Hall–Kier alpha value is -1.75. The van der Waals surface area contributed by atoms with E-state index in [1.165, 1.54) is 25.5 Å². The fourth-order valence-electron chi connectivity index (χ4n) is 0.829. The zero-order valence-corrected chi connectivity index (χ0v) is 8.65. The molecule has 0 radical (unpaired) electrons. The van der Waals surface area contributed by atoms with E-state index in [9.17, 15) is 9.90 Å². The van der Waals surface area contributed by atoms with E-state index in [0.717, 1.165) is 0 Å². The third-order valence-corrected chi connectivity index (χ3v) is 1.77. The third-order valence-electron chi connectivity index (χ3n) is 1.53. The van der Waals surface area contributed by atoms with Crippen LogP contribution in [0.4, 0.5) is 4.79 Å². The van der Waals surface area contributed by atoms with E-state index in [-0.39, 0.29) is 5.75 Å². The summed E-state index contributed by atoms with van der Waals surface area (Å²) in [4.78, 5) is 10.6. The second-order valence-corrected chi connectivity index (χ2v) is 3.00. The van der Waals surface area contributed by atoms with E-state index in [4.69, 9.17) is 11.6 Å². The van der Waals surface area contributed by atoms with Gasteiger partial charge in [-0.2, -0.15) is 5.10 Å². The Morgan fingerprint density at radius 1 is 1.67 bits per heavy atom. The molecule has 5 nitrogen and oxygen atoms in total. The largest absolute Gasteiger partial charge is 0.507 e. The van der Waals surface area contributed by atoms with Gasteiger partial charge in [-0.25, -0.2) is 10.2 Å². The molecule has 0 aliphatic rings. The maximum absolute atomic E-state index is 10.6. The summed E-state index contributed by atoms with van der Waals surface area (Å²) in [5, 5.41) is 13.4. The van der Waals surface area contributed by atoms with Gasteiger partial charge in [-0.15, -0.1) is 0 Å². The first-order valence-corrected chi connectivity index (χ1v) is 4.37. The highest BCUT2D eigenvalue weighted by Crippen LogP contribution is 2.19. The lowest BCUT2D eigenvalue weighted by molar-refractivity contribution is 0.171. The predicted molar refractivity (Wildman–Crippen MR) is 56.3 cm³/mol. The molecule has 0 aromatic heterocycles. The molecule has 0 atom stereocenters. The predicted octanol–water partition coefficient (Wildman–Crippen LogP) is 1.74. The van der Waals surface area contributed by atoms with Gasteiger partial charge in [0.05, 0.1) is 13.3 Å². The van der Waals surface area contributed by atoms with Crippen LogP contribution in [-0.2, 0) is 4.74 Å². The molecule has 0 spiro atoms. The lowest BCUT2D eigenvalue weighted by Gasteiger charge is -1.99. The summed E-state index contributed by atoms with van der Waals surface area (Å²) in [6.07, 6.45) is 0.575. The summed E-state index contributed by atoms with van der Waals surface area (Å²) in [7, 11) is 1.22. The number of ether oxygens (including phenoxy) is 1. The number of methoxy groups -OCH3 is 1. The van der Waals surface area contributed by atoms with Crippen LogP contribution in [0.5, 0.6) is 5.75 Å². The van der Waals surface area contributed by atoms with Crippen molar-refractivity contribution in [3.8, 4) is 5.75 Å². The molecule has 1 aromatic rings. The van der Waals surface area contributed by atoms with E-state index in [2.05, 4.69) is 15.3 Å². The lowest BCUT2D eigenvalue weighted by atomic mass is 10.2. The number of rotatable bonds is 2. The Labute approximate surface area is 91.3 Å². The van der Waals surface area contributed by atoms with Gasteiger partial charge in [0.15, 0.2) is 0 Å². The van der Waals surface area contributed by atoms with Crippen LogP contribution >= 0.6 is 11.6 Å². The zero-order chi connectivity index (χ0) is 11.3. The number of aromatic hydroxyl groups is 1. The van der Waals surface area contributed by atoms with Gasteiger partial charge in [0.2, 0.25) is 0 Å². The molecule has 15 heavy (non-hydrogen) atoms. The van der Waals surface area contributed by atoms with Gasteiger partial charge in [0.1, 0.15) is 5.75 Å². The van der Waals surface area contributed by atoms with Crippen LogP contribution < -0.4 is 5.43 Å². The number of benzene rings is 1. The standard InChI is InChI=1S/C9H9ClN2O3/c1-15-9(14)12-11-5-6-4-7(10)2-3-8(6)13/h2-5,13H,1H3,(H,12,14)/b11-5+. The highest BCUT2D eigenvalue weighted by Gasteiger charge is 1.99. The number of hydrazone groups is 1. The number of hydrogen-bond donors (Lipinski definition) is 2. The molecule has 0 bridgehead atoms. The van der Waals surface area contributed by atoms with E-state index >= 15 is 0 Å². The first kappa shape index (κ1) is 11.3. The molecule has 1 aromatic carbocycles. The Bertz CT molecular complexity index is 393. The zero-order valence-electron chi connectivity index (χ0n) is 7.90. The summed E-state index contributed by atoms with van der Waals surface area (Å²) in [5.74, 6) is 0.0230. The highest BCUT2D eigenvalue weighted by atomic mass is 35.5. The Morgan fingerprint density at radius 3 is 3.07 bits per heavy atom. The van der Waals surface area contributed by atoms with Crippen LogP contribution in [0.1, 0.15) is 5.56 Å². The van der Waals surface area contributed by atoms with Gasteiger partial charge in [0, 0.05) is 10.6 Å². The Balaban J connectivity index is 2.71. The topological polar surface area (TPSA) is 70.9 Å². The quantitative estimate of drug-likeness (QED) is 0.598. The molecule has 0 aliphatic heterocycles. The van der Waals surface area contributed by atoms with Crippen LogP contribution in [0.3, 0.4) is 0 Å². The molecule has 80 valence electrons. The SMILES string of the molecule is COC(=O)N/N=C/c1cc(Cl)ccc1O. The minimum absolute atomic E-state index is 0.0230. The van der Waals surface area contributed by atoms with Crippen molar-refractivity contribution in [2.45, 2.75) is 0 Å². The number of carbonyl (C=O) groups excluding carboxylic acids is 1. The van der Waals surface area contributed by atoms with Crippen LogP contribution in [0, 0.1) is 0 Å². The fraction of sp³-hybridized carbons (Fsp3) is 0.111. The first-order valence-electron chi connectivity index (χ1n) is 3.99. The van der Waals surface area contributed by atoms with Crippen molar-refractivity contribution in [3.05, 3.63) is 28.8 Å². The Morgan fingerprint density at radius 2 is 2.40 bits per heavy atom. The van der Waals surface area contributed by atoms with Crippen molar-refractivity contribution in [1.29, 1.82) is 0 Å². The third kappa shape index (κ3) is 3.47. The number of hydrogen-bond acceptors (Lipinski definition) is 4. The fourth-order valence-corrected chi connectivity index (χ4v) is 1.01. The normalized spacial score (nSPS) is 10.3. The maximum atomic E-state index is 10.6. The molecule has 0 unspecified atom stereocenters. The minimum Gasteiger partial charge on any atom is -0.507 e. The smallest absolute Gasteiger partial charge is 0.427 e. The Kier molecular flexibility index (Phi) is 3.93. The molecule has 0 saturated heterocycles. The van der Waals surface area contributed by atoms with Gasteiger partial charge < -0.3 is 9.84 Å². The molecule has 2 N–H and O–H groups in total. The number of phenolic OH excluding ortho intramolecular Hbond substituents is 1. The van der Waals surface area contributed by atoms with Gasteiger partial charge in [-0.1, -0.05) is 11.6 Å². The van der Waals surface area contributed by atoms with E-state index < -0.39 is 6.09 Å². The number of nitrogens with one attached hydrogen (secondary N) is 1. The minimum atomic E-state index is -0.687. The second kappa shape index (κ2) is 5.21. The summed E-state index contributed by atoms with van der Waals surface area (Å²) in [5.41, 5.74) is 2.48. The van der Waals surface area contributed by atoms with E-state index in [0.29, 0.717) is 10.6 Å². The summed E-state index contributed by atoms with van der Waals surface area (Å²) in [6, 6.07) is 4.49. The summed E-state index contributed by atoms with van der Waals surface area (Å²) in [6.45, 7) is 0. The van der Waals surface area contributed by atoms with Crippen LogP contribution in [0.25, 0.3) is 0 Å². The number of carbonyl (C=O) groups is 1. The van der Waals surface area contributed by atoms with E-state index in [1.807, 2.05) is 0 Å². The number of phenols is 1. The van der Waals surface area contributed by atoms with Crippen molar-refractivity contribution < 1.29 is 14.6 Å². The van der Waals surface area contributed by atoms with Gasteiger partial charge in [0.25, 0.3) is 0 Å². The average molecular weight is 229 g/mol. The maximum Gasteiger partial charge on any atom is 0.427 e. The molecule has 0 fully saturated rings. The van der Waals surface area contributed by atoms with Crippen molar-refractivity contribution in [2.75, 3.05) is 7.11 Å². The van der Waals surface area contributed by atoms with Crippen molar-refractivity contribution in [3.63, 3.8) is 0 Å². The molecule has 0 heterocycles. The number of amides is 1. The van der Waals surface area contributed by atoms with Gasteiger partial charge in [-0.3, -0.25) is 0 Å². The molecule has 0 aliphatic carbocycles. The molecular formula is C9H9ClN2O3. The molecule has 6 heteroatoms. The monoisotopic (exact) mass is 228 g/mol. The van der Waals surface area contributed by atoms with Crippen LogP contribution in [-0.4, -0.2) is 24.5 Å². The lowest BCUT2D eigenvalue weighted by Crippen LogP contribution is -2.16. The van der Waals surface area contributed by atoms with Gasteiger partial charge in [-0.05, 0) is 18.2 Å². The van der Waals surface area contributed by atoms with Crippen molar-refractivity contribution in [2.24, 2.45) is 5.10 Å². The van der Waals surface area contributed by atoms with Crippen LogP contribution in [0.2, 0.25) is 5.02 Å². The molecule has 1 rings (SSSR count). The van der Waals surface area contributed by atoms with Gasteiger partial charge >= 0.3 is 6.09 Å². The van der Waals surface area contributed by atoms with E-state index in [1.54, 1.807) is 6.07 Å². The summed E-state index contributed by atoms with van der Waals surface area (Å²) < 4.78 is 4.29. The second-order valence-electron chi connectivity index (χ2n) is 2.56. The van der Waals surface area contributed by atoms with Crippen molar-refractivity contribution in [1.82, 2.24) is 5.43 Å². The first-order chi connectivity index (χ1) is 7.13. The molecule has 1 amide bonds. The van der Waals surface area contributed by atoms with Crippen LogP contribution in [0.15, 0.2) is 23.3 Å². The van der Waals surface area contributed by atoms with Crippen molar-refractivity contribution >= 4 is 23.9 Å². The molecule has 0 saturated carbocycles. The number of nitrogens with zero attached hydrogens (tertiary/aromatic N) is 1. The number of halogens is 1.